The summed E-state index contributed by atoms with van der Waals surface area (Å²) in [4.78, 5) is 0. The van der Waals surface area contributed by atoms with Gasteiger partial charge in [0.25, 0.3) is 0 Å². The number of methoxy groups -OCH3 is 1. The highest BCUT2D eigenvalue weighted by Gasteiger charge is 2.12. The van der Waals surface area contributed by atoms with E-state index in [1.54, 1.807) is 25.1 Å². The second kappa shape index (κ2) is 7.92. The Morgan fingerprint density at radius 1 is 1.12 bits per heavy atom. The predicted octanol–water partition coefficient (Wildman–Crippen LogP) is 3.64. The van der Waals surface area contributed by atoms with Gasteiger partial charge in [0, 0.05) is 12.8 Å². The summed E-state index contributed by atoms with van der Waals surface area (Å²) in [5.41, 5.74) is 0. The summed E-state index contributed by atoms with van der Waals surface area (Å²) in [7, 11) is 3.59. The molecule has 0 fully saturated rings. The van der Waals surface area contributed by atoms with Crippen LogP contribution in [0.1, 0.15) is 6.42 Å². The molecular weight excluding hydrogens is 326 g/mol. The zero-order valence-corrected chi connectivity index (χ0v) is 14.5. The lowest BCUT2D eigenvalue weighted by atomic mass is 10.3. The van der Waals surface area contributed by atoms with Gasteiger partial charge in [-0.25, -0.2) is 0 Å². The van der Waals surface area contributed by atoms with Gasteiger partial charge in [-0.2, -0.15) is 0 Å². The quantitative estimate of drug-likeness (QED) is 0.459. The maximum absolute atomic E-state index is 5.71. The Balaban J connectivity index is 1.43. The van der Waals surface area contributed by atoms with E-state index in [4.69, 9.17) is 13.9 Å². The number of ether oxygens (including phenoxy) is 2. The van der Waals surface area contributed by atoms with E-state index in [1.165, 1.54) is 0 Å². The van der Waals surface area contributed by atoms with Gasteiger partial charge >= 0.3 is 0 Å². The highest BCUT2D eigenvalue weighted by Crippen LogP contribution is 2.23. The molecule has 3 aromatic rings. The number of benzene rings is 1. The molecule has 0 unspecified atom stereocenters. The molecule has 0 radical (unpaired) electrons. The van der Waals surface area contributed by atoms with Crippen molar-refractivity contribution in [2.75, 3.05) is 19.5 Å². The van der Waals surface area contributed by atoms with Gasteiger partial charge in [-0.15, -0.1) is 10.2 Å². The van der Waals surface area contributed by atoms with Crippen molar-refractivity contribution in [1.29, 1.82) is 0 Å². The van der Waals surface area contributed by atoms with Crippen LogP contribution in [0.2, 0.25) is 0 Å². The van der Waals surface area contributed by atoms with E-state index in [1.807, 2.05) is 48.0 Å². The highest BCUT2D eigenvalue weighted by atomic mass is 32.2. The fourth-order valence-electron chi connectivity index (χ4n) is 2.15. The number of nitrogens with zero attached hydrogens (tertiary/aromatic N) is 3. The summed E-state index contributed by atoms with van der Waals surface area (Å²) in [6.07, 6.45) is 2.55. The van der Waals surface area contributed by atoms with Gasteiger partial charge in [-0.1, -0.05) is 11.8 Å². The van der Waals surface area contributed by atoms with Gasteiger partial charge in [-0.3, -0.25) is 0 Å². The lowest BCUT2D eigenvalue weighted by molar-refractivity contribution is 0.318. The number of hydrogen-bond acceptors (Lipinski definition) is 6. The van der Waals surface area contributed by atoms with Crippen LogP contribution in [0.3, 0.4) is 0 Å². The third-order valence-electron chi connectivity index (χ3n) is 3.42. The van der Waals surface area contributed by atoms with Crippen LogP contribution >= 0.6 is 11.8 Å². The first kappa shape index (κ1) is 16.4. The maximum atomic E-state index is 5.71. The molecule has 126 valence electrons. The standard InChI is InChI=1S/C17H19N3O3S/c1-20-16(15-5-3-10-23-15)18-19-17(20)24-12-4-11-22-14-8-6-13(21-2)7-9-14/h3,5-10H,4,11-12H2,1-2H3. The molecule has 0 bridgehead atoms. The Morgan fingerprint density at radius 3 is 2.62 bits per heavy atom. The number of hydrogen-bond donors (Lipinski definition) is 0. The van der Waals surface area contributed by atoms with Crippen LogP contribution in [0.15, 0.2) is 52.2 Å². The normalized spacial score (nSPS) is 10.8. The van der Waals surface area contributed by atoms with Crippen molar-refractivity contribution in [3.05, 3.63) is 42.7 Å². The lowest BCUT2D eigenvalue weighted by Crippen LogP contribution is -2.00. The van der Waals surface area contributed by atoms with Crippen molar-refractivity contribution in [1.82, 2.24) is 14.8 Å². The van der Waals surface area contributed by atoms with Gasteiger partial charge in [0.05, 0.1) is 20.0 Å². The fourth-order valence-corrected chi connectivity index (χ4v) is 2.97. The minimum atomic E-state index is 0.655. The van der Waals surface area contributed by atoms with Crippen LogP contribution < -0.4 is 9.47 Å². The first-order chi connectivity index (χ1) is 11.8. The smallest absolute Gasteiger partial charge is 0.200 e. The van der Waals surface area contributed by atoms with Crippen LogP contribution in [0.5, 0.6) is 11.5 Å². The van der Waals surface area contributed by atoms with Gasteiger partial charge in [0.1, 0.15) is 11.5 Å². The average molecular weight is 345 g/mol. The number of furan rings is 1. The van der Waals surface area contributed by atoms with Gasteiger partial charge in [-0.05, 0) is 42.8 Å². The van der Waals surface area contributed by atoms with Gasteiger partial charge < -0.3 is 18.5 Å². The molecule has 2 heterocycles. The Labute approximate surface area is 144 Å². The Morgan fingerprint density at radius 2 is 1.92 bits per heavy atom. The molecule has 0 saturated carbocycles. The second-order valence-corrected chi connectivity index (χ2v) is 6.13. The molecule has 0 N–H and O–H groups in total. The van der Waals surface area contributed by atoms with Crippen LogP contribution in [0.25, 0.3) is 11.6 Å². The molecule has 3 rings (SSSR count). The van der Waals surface area contributed by atoms with E-state index >= 15 is 0 Å². The SMILES string of the molecule is COc1ccc(OCCCSc2nnc(-c3ccco3)n2C)cc1. The Bertz CT molecular complexity index is 754. The maximum Gasteiger partial charge on any atom is 0.200 e. The van der Waals surface area contributed by atoms with Crippen molar-refractivity contribution < 1.29 is 13.9 Å². The Hall–Kier alpha value is -2.41. The molecule has 24 heavy (non-hydrogen) atoms. The first-order valence-electron chi connectivity index (χ1n) is 7.61. The summed E-state index contributed by atoms with van der Waals surface area (Å²) in [6.45, 7) is 0.655. The van der Waals surface area contributed by atoms with Crippen molar-refractivity contribution in [2.24, 2.45) is 7.05 Å². The third kappa shape index (κ3) is 3.91. The summed E-state index contributed by atoms with van der Waals surface area (Å²) in [5.74, 6) is 4.03. The van der Waals surface area contributed by atoms with Crippen molar-refractivity contribution in [2.45, 2.75) is 11.6 Å². The topological polar surface area (TPSA) is 62.3 Å². The van der Waals surface area contributed by atoms with Crippen LogP contribution in [-0.2, 0) is 7.05 Å². The van der Waals surface area contributed by atoms with Crippen LogP contribution in [0.4, 0.5) is 0 Å². The molecule has 0 aliphatic rings. The molecule has 0 aliphatic heterocycles. The molecule has 6 nitrogen and oxygen atoms in total. The van der Waals surface area contributed by atoms with E-state index in [-0.39, 0.29) is 0 Å². The average Bonchev–Trinajstić information content (AvgIpc) is 3.25. The molecule has 1 aromatic carbocycles. The Kier molecular flexibility index (Phi) is 5.43. The van der Waals surface area contributed by atoms with E-state index in [0.717, 1.165) is 40.4 Å². The molecule has 0 atom stereocenters. The monoisotopic (exact) mass is 345 g/mol. The zero-order valence-electron chi connectivity index (χ0n) is 13.6. The number of aromatic nitrogens is 3. The van der Waals surface area contributed by atoms with E-state index < -0.39 is 0 Å². The minimum Gasteiger partial charge on any atom is -0.497 e. The van der Waals surface area contributed by atoms with E-state index in [2.05, 4.69) is 10.2 Å². The molecule has 7 heteroatoms. The van der Waals surface area contributed by atoms with Crippen molar-refractivity contribution in [3.8, 4) is 23.1 Å². The van der Waals surface area contributed by atoms with Crippen molar-refractivity contribution >= 4 is 11.8 Å². The third-order valence-corrected chi connectivity index (χ3v) is 4.53. The van der Waals surface area contributed by atoms with Gasteiger partial charge in [0.2, 0.25) is 0 Å². The summed E-state index contributed by atoms with van der Waals surface area (Å²) in [5, 5.41) is 9.25. The minimum absolute atomic E-state index is 0.655. The molecule has 0 spiro atoms. The number of rotatable bonds is 8. The van der Waals surface area contributed by atoms with Crippen molar-refractivity contribution in [3.63, 3.8) is 0 Å². The van der Waals surface area contributed by atoms with E-state index in [0.29, 0.717) is 6.61 Å². The molecule has 0 saturated heterocycles. The predicted molar refractivity (Wildman–Crippen MR) is 92.5 cm³/mol. The number of thioether (sulfide) groups is 1. The largest absolute Gasteiger partial charge is 0.497 e. The van der Waals surface area contributed by atoms with E-state index in [9.17, 15) is 0 Å². The second-order valence-electron chi connectivity index (χ2n) is 5.07. The fraction of sp³-hybridized carbons (Fsp3) is 0.294. The first-order valence-corrected chi connectivity index (χ1v) is 8.59. The zero-order chi connectivity index (χ0) is 16.8. The highest BCUT2D eigenvalue weighted by molar-refractivity contribution is 7.99. The summed E-state index contributed by atoms with van der Waals surface area (Å²) in [6, 6.07) is 11.3. The molecular formula is C17H19N3O3S. The molecule has 0 aliphatic carbocycles. The van der Waals surface area contributed by atoms with Gasteiger partial charge in [0.15, 0.2) is 16.7 Å². The van der Waals surface area contributed by atoms with Crippen LogP contribution in [0, 0.1) is 0 Å². The lowest BCUT2D eigenvalue weighted by Gasteiger charge is -2.07. The molecule has 2 aromatic heterocycles. The summed E-state index contributed by atoms with van der Waals surface area (Å²) >= 11 is 1.65. The molecule has 0 amide bonds. The summed E-state index contributed by atoms with van der Waals surface area (Å²) < 4.78 is 18.1. The van der Waals surface area contributed by atoms with Crippen LogP contribution in [-0.4, -0.2) is 34.2 Å².